The van der Waals surface area contributed by atoms with Crippen molar-refractivity contribution in [3.05, 3.63) is 99.6 Å². The molecule has 0 saturated heterocycles. The van der Waals surface area contributed by atoms with Crippen molar-refractivity contribution in [2.45, 2.75) is 158 Å². The number of hydrogen-bond acceptors (Lipinski definition) is 7. The Balaban J connectivity index is 0.000000329. The molecular formula is C49H70N4O3. The molecule has 0 spiro atoms. The summed E-state index contributed by atoms with van der Waals surface area (Å²) in [6.07, 6.45) is 13.4. The second kappa shape index (κ2) is 21.7. The van der Waals surface area contributed by atoms with E-state index in [1.165, 1.54) is 74.5 Å². The van der Waals surface area contributed by atoms with Gasteiger partial charge in [-0.1, -0.05) is 112 Å². The van der Waals surface area contributed by atoms with E-state index in [1.54, 1.807) is 24.3 Å². The molecule has 0 radical (unpaired) electrons. The van der Waals surface area contributed by atoms with E-state index >= 15 is 0 Å². The molecule has 0 saturated carbocycles. The molecule has 7 heteroatoms. The maximum absolute atomic E-state index is 10.2. The van der Waals surface area contributed by atoms with E-state index in [2.05, 4.69) is 93.2 Å². The minimum Gasteiger partial charge on any atom is -0.508 e. The van der Waals surface area contributed by atoms with Crippen LogP contribution in [0.25, 0.3) is 0 Å². The quantitative estimate of drug-likeness (QED) is 0.0878. The molecular weight excluding hydrogens is 693 g/mol. The first kappa shape index (κ1) is 45.9. The van der Waals surface area contributed by atoms with Gasteiger partial charge in [-0.2, -0.15) is 20.5 Å². The number of ether oxygens (including phenoxy) is 1. The molecule has 304 valence electrons. The predicted octanol–water partition coefficient (Wildman–Crippen LogP) is 16.1. The third-order valence-electron chi connectivity index (χ3n) is 10.1. The average Bonchev–Trinajstić information content (AvgIpc) is 3.12. The second-order valence-electron chi connectivity index (χ2n) is 17.5. The lowest BCUT2D eigenvalue weighted by Gasteiger charge is -2.24. The van der Waals surface area contributed by atoms with Crippen LogP contribution in [-0.2, 0) is 10.8 Å². The first-order valence-corrected chi connectivity index (χ1v) is 20.7. The SMILES string of the molecule is CCCCCCCCCCCCOc1c(C)cc(N=Nc2ccc(C)c(C)c2)cc1C(C)(C)C.Cc1cc(N=Nc2cc(C)c(O)c(C(C)(C)C)c2)ccc1O. The van der Waals surface area contributed by atoms with E-state index in [-0.39, 0.29) is 16.6 Å². The number of nitrogens with zero attached hydrogens (tertiary/aromatic N) is 4. The smallest absolute Gasteiger partial charge is 0.126 e. The molecule has 0 aliphatic carbocycles. The first-order chi connectivity index (χ1) is 26.4. The van der Waals surface area contributed by atoms with Gasteiger partial charge in [-0.25, -0.2) is 0 Å². The van der Waals surface area contributed by atoms with E-state index in [0.717, 1.165) is 52.4 Å². The van der Waals surface area contributed by atoms with Gasteiger partial charge in [0.1, 0.15) is 17.2 Å². The summed E-state index contributed by atoms with van der Waals surface area (Å²) >= 11 is 0. The molecule has 56 heavy (non-hydrogen) atoms. The molecule has 0 aliphatic rings. The van der Waals surface area contributed by atoms with Crippen molar-refractivity contribution >= 4 is 22.7 Å². The number of phenolic OH excluding ortho intramolecular Hbond substituents is 2. The van der Waals surface area contributed by atoms with Gasteiger partial charge in [-0.05, 0) is 134 Å². The molecule has 0 aliphatic heterocycles. The van der Waals surface area contributed by atoms with Gasteiger partial charge in [0.05, 0.1) is 29.4 Å². The number of hydrogen-bond donors (Lipinski definition) is 2. The maximum atomic E-state index is 10.2. The zero-order chi connectivity index (χ0) is 41.5. The van der Waals surface area contributed by atoms with E-state index in [0.29, 0.717) is 17.1 Å². The van der Waals surface area contributed by atoms with E-state index in [4.69, 9.17) is 4.74 Å². The number of benzene rings is 4. The Morgan fingerprint density at radius 1 is 0.464 bits per heavy atom. The minimum absolute atomic E-state index is 0.0240. The van der Waals surface area contributed by atoms with Gasteiger partial charge in [0.15, 0.2) is 0 Å². The highest BCUT2D eigenvalue weighted by atomic mass is 16.5. The monoisotopic (exact) mass is 763 g/mol. The van der Waals surface area contributed by atoms with Crippen LogP contribution in [0.5, 0.6) is 17.2 Å². The Hall–Kier alpha value is -4.52. The zero-order valence-electron chi connectivity index (χ0n) is 36.6. The molecule has 0 unspecified atom stereocenters. The van der Waals surface area contributed by atoms with E-state index in [1.807, 2.05) is 46.8 Å². The van der Waals surface area contributed by atoms with Crippen molar-refractivity contribution in [1.29, 1.82) is 0 Å². The van der Waals surface area contributed by atoms with Crippen molar-refractivity contribution in [2.75, 3.05) is 6.61 Å². The molecule has 0 bridgehead atoms. The lowest BCUT2D eigenvalue weighted by Crippen LogP contribution is -2.14. The third kappa shape index (κ3) is 14.9. The molecule has 4 aromatic carbocycles. The summed E-state index contributed by atoms with van der Waals surface area (Å²) in [5.41, 5.74) is 10.2. The van der Waals surface area contributed by atoms with Crippen molar-refractivity contribution in [3.8, 4) is 17.2 Å². The number of aromatic hydroxyl groups is 2. The van der Waals surface area contributed by atoms with Crippen LogP contribution in [0.15, 0.2) is 81.1 Å². The number of unbranched alkanes of at least 4 members (excludes halogenated alkanes) is 9. The third-order valence-corrected chi connectivity index (χ3v) is 10.1. The van der Waals surface area contributed by atoms with Crippen LogP contribution in [0.4, 0.5) is 22.7 Å². The normalized spacial score (nSPS) is 12.0. The maximum Gasteiger partial charge on any atom is 0.126 e. The van der Waals surface area contributed by atoms with Gasteiger partial charge in [0.2, 0.25) is 0 Å². The summed E-state index contributed by atoms with van der Waals surface area (Å²) in [5.74, 6) is 1.58. The summed E-state index contributed by atoms with van der Waals surface area (Å²) in [7, 11) is 0. The van der Waals surface area contributed by atoms with Crippen LogP contribution in [0.1, 0.15) is 152 Å². The largest absolute Gasteiger partial charge is 0.508 e. The number of rotatable bonds is 16. The van der Waals surface area contributed by atoms with Crippen LogP contribution in [0, 0.1) is 34.6 Å². The Bertz CT molecular complexity index is 1910. The highest BCUT2D eigenvalue weighted by Crippen LogP contribution is 2.39. The number of aryl methyl sites for hydroxylation is 5. The first-order valence-electron chi connectivity index (χ1n) is 20.7. The van der Waals surface area contributed by atoms with Crippen LogP contribution in [-0.4, -0.2) is 16.8 Å². The molecule has 0 heterocycles. The Morgan fingerprint density at radius 3 is 1.43 bits per heavy atom. The van der Waals surface area contributed by atoms with Gasteiger partial charge in [0, 0.05) is 11.1 Å². The van der Waals surface area contributed by atoms with Gasteiger partial charge in [0.25, 0.3) is 0 Å². The van der Waals surface area contributed by atoms with Crippen molar-refractivity contribution in [3.63, 3.8) is 0 Å². The summed E-state index contributed by atoms with van der Waals surface area (Å²) in [6.45, 7) is 25.9. The van der Waals surface area contributed by atoms with Gasteiger partial charge >= 0.3 is 0 Å². The zero-order valence-corrected chi connectivity index (χ0v) is 36.6. The minimum atomic E-state index is -0.171. The summed E-state index contributed by atoms with van der Waals surface area (Å²) in [6, 6.07) is 19.2. The standard InChI is InChI=1S/C31H48N2O.C18H22N2O2/c1-8-9-10-11-12-13-14-15-16-17-20-34-30-26(4)22-28(23-29(30)31(5,6)7)33-32-27-19-18-24(2)25(3)21-27;1-11-8-13(6-7-16(11)21)19-20-14-9-12(2)17(22)15(10-14)18(3,4)5/h18-19,21-23H,8-17,20H2,1-7H3;6-10,21-22H,1-5H3. The molecule has 2 N–H and O–H groups in total. The van der Waals surface area contributed by atoms with Gasteiger partial charge in [-0.15, -0.1) is 0 Å². The molecule has 7 nitrogen and oxygen atoms in total. The van der Waals surface area contributed by atoms with Crippen LogP contribution < -0.4 is 4.74 Å². The lowest BCUT2D eigenvalue weighted by molar-refractivity contribution is 0.294. The van der Waals surface area contributed by atoms with Crippen molar-refractivity contribution < 1.29 is 14.9 Å². The average molecular weight is 763 g/mol. The second-order valence-corrected chi connectivity index (χ2v) is 17.5. The Kier molecular flexibility index (Phi) is 17.8. The van der Waals surface area contributed by atoms with Gasteiger partial charge in [-0.3, -0.25) is 0 Å². The Morgan fingerprint density at radius 2 is 0.911 bits per heavy atom. The van der Waals surface area contributed by atoms with E-state index in [9.17, 15) is 10.2 Å². The molecule has 0 fully saturated rings. The fraction of sp³-hybridized carbons (Fsp3) is 0.510. The topological polar surface area (TPSA) is 99.1 Å². The lowest BCUT2D eigenvalue weighted by atomic mass is 9.85. The molecule has 4 rings (SSSR count). The number of azo groups is 2. The molecule has 4 aromatic rings. The highest BCUT2D eigenvalue weighted by molar-refractivity contribution is 5.56. The Labute approximate surface area is 338 Å². The fourth-order valence-electron chi connectivity index (χ4n) is 6.44. The van der Waals surface area contributed by atoms with Crippen molar-refractivity contribution in [1.82, 2.24) is 0 Å². The van der Waals surface area contributed by atoms with Crippen LogP contribution >= 0.6 is 0 Å². The number of phenols is 2. The fourth-order valence-corrected chi connectivity index (χ4v) is 6.44. The molecule has 0 amide bonds. The van der Waals surface area contributed by atoms with Gasteiger partial charge < -0.3 is 14.9 Å². The van der Waals surface area contributed by atoms with E-state index < -0.39 is 0 Å². The van der Waals surface area contributed by atoms with Crippen LogP contribution in [0.2, 0.25) is 0 Å². The molecule has 0 atom stereocenters. The van der Waals surface area contributed by atoms with Crippen molar-refractivity contribution in [2.24, 2.45) is 20.5 Å². The highest BCUT2D eigenvalue weighted by Gasteiger charge is 2.22. The molecule has 0 aromatic heterocycles. The summed E-state index contributed by atoms with van der Waals surface area (Å²) < 4.78 is 6.34. The summed E-state index contributed by atoms with van der Waals surface area (Å²) in [4.78, 5) is 0. The summed E-state index contributed by atoms with van der Waals surface area (Å²) in [5, 5.41) is 37.2. The van der Waals surface area contributed by atoms with Crippen LogP contribution in [0.3, 0.4) is 0 Å². The predicted molar refractivity (Wildman–Crippen MR) is 236 cm³/mol.